The van der Waals surface area contributed by atoms with Gasteiger partial charge >= 0.3 is 0 Å². The molecule has 0 amide bonds. The molecule has 0 bridgehead atoms. The molecule has 0 aromatic heterocycles. The van der Waals surface area contributed by atoms with Gasteiger partial charge in [0.25, 0.3) is 20.2 Å². The molecule has 8 nitrogen and oxygen atoms in total. The van der Waals surface area contributed by atoms with Crippen LogP contribution in [-0.2, 0) is 20.2 Å². The molecule has 12 heteroatoms. The molecule has 2 N–H and O–H groups in total. The van der Waals surface area contributed by atoms with E-state index in [1.54, 1.807) is 0 Å². The Hall–Kier alpha value is -2.81. The van der Waals surface area contributed by atoms with Crippen molar-refractivity contribution in [2.24, 2.45) is 16.8 Å². The van der Waals surface area contributed by atoms with Gasteiger partial charge in [0.1, 0.15) is 0 Å². The van der Waals surface area contributed by atoms with Crippen LogP contribution in [0.2, 0.25) is 0 Å². The molecule has 1 fully saturated rings. The zero-order valence-corrected chi connectivity index (χ0v) is 32.7. The summed E-state index contributed by atoms with van der Waals surface area (Å²) in [7, 11) is -8.01. The van der Waals surface area contributed by atoms with E-state index >= 15 is 0 Å². The van der Waals surface area contributed by atoms with Gasteiger partial charge in [-0.3, -0.25) is 14.1 Å². The van der Waals surface area contributed by atoms with E-state index in [-0.39, 0.29) is 33.3 Å². The summed E-state index contributed by atoms with van der Waals surface area (Å²) in [6.07, 6.45) is 37.3. The van der Waals surface area contributed by atoms with E-state index in [0.717, 1.165) is 41.0 Å². The smallest absolute Gasteiger partial charge is 0.264 e. The maximum atomic E-state index is 11.3. The van der Waals surface area contributed by atoms with Gasteiger partial charge < -0.3 is 4.90 Å². The van der Waals surface area contributed by atoms with E-state index in [1.807, 2.05) is 12.2 Å². The molecule has 1 heterocycles. The van der Waals surface area contributed by atoms with Crippen molar-refractivity contribution in [2.45, 2.75) is 48.5 Å². The number of halogens is 2. The molecule has 5 aliphatic carbocycles. The lowest BCUT2D eigenvalue weighted by atomic mass is 9.79. The minimum Gasteiger partial charge on any atom is -0.364 e. The lowest BCUT2D eigenvalue weighted by molar-refractivity contribution is 0.306. The van der Waals surface area contributed by atoms with Crippen LogP contribution in [0.1, 0.15) is 38.5 Å². The molecular formula is C39H42ClIN2O6S2. The Labute approximate surface area is 320 Å². The Morgan fingerprint density at radius 1 is 0.863 bits per heavy atom. The zero-order chi connectivity index (χ0) is 36.2. The van der Waals surface area contributed by atoms with E-state index in [4.69, 9.17) is 21.1 Å². The summed E-state index contributed by atoms with van der Waals surface area (Å²) in [4.78, 5) is 7.28. The van der Waals surface area contributed by atoms with Gasteiger partial charge in [-0.25, -0.2) is 0 Å². The predicted octanol–water partition coefficient (Wildman–Crippen LogP) is 8.12. The van der Waals surface area contributed by atoms with E-state index in [0.29, 0.717) is 43.8 Å². The number of unbranched alkanes of at least 4 members (excludes halogenated alkanes) is 2. The van der Waals surface area contributed by atoms with Gasteiger partial charge in [-0.1, -0.05) is 119 Å². The minimum absolute atomic E-state index is 0.136. The zero-order valence-electron chi connectivity index (χ0n) is 28.1. The topological polar surface area (TPSA) is 124 Å². The predicted molar refractivity (Wildman–Crippen MR) is 215 cm³/mol. The first-order valence-corrected chi connectivity index (χ1v) is 22.1. The minimum atomic E-state index is -4.01. The molecule has 0 aromatic carbocycles. The Kier molecular flexibility index (Phi) is 12.2. The first kappa shape index (κ1) is 37.9. The second-order valence-corrected chi connectivity index (χ2v) is 18.3. The Morgan fingerprint density at radius 2 is 1.55 bits per heavy atom. The monoisotopic (exact) mass is 860 g/mol. The SMILES string of the molecule is O=S(=O)(O)CCCC/N=C(\C=C\C1=C(Cl)C(=C/C=C2\C3=CC=CC4=CC=CC(C43)N2CCCCS(=O)(=O)O)/CC1)C1=CC=CC2=CC=CC(I)C21. The lowest BCUT2D eigenvalue weighted by Crippen LogP contribution is -2.33. The fraction of sp³-hybridized carbons (Fsp3) is 0.359. The second-order valence-electron chi connectivity index (χ2n) is 13.3. The van der Waals surface area contributed by atoms with Crippen molar-refractivity contribution in [3.8, 4) is 0 Å². The van der Waals surface area contributed by atoms with Gasteiger partial charge in [0, 0.05) is 39.6 Å². The largest absolute Gasteiger partial charge is 0.364 e. The Balaban J connectivity index is 1.25. The van der Waals surface area contributed by atoms with Gasteiger partial charge in [0.05, 0.1) is 23.3 Å². The van der Waals surface area contributed by atoms with Crippen LogP contribution in [0.25, 0.3) is 0 Å². The average Bonchev–Trinajstić information content (AvgIpc) is 3.59. The van der Waals surface area contributed by atoms with Crippen LogP contribution >= 0.6 is 34.2 Å². The summed E-state index contributed by atoms with van der Waals surface area (Å²) in [6, 6.07) is 0.136. The van der Waals surface area contributed by atoms with Crippen molar-refractivity contribution >= 4 is 60.1 Å². The van der Waals surface area contributed by atoms with Gasteiger partial charge in [-0.05, 0) is 84.1 Å². The fourth-order valence-corrected chi connectivity index (χ4v) is 9.96. The number of hydrogen-bond donors (Lipinski definition) is 2. The summed E-state index contributed by atoms with van der Waals surface area (Å²) in [5.41, 5.74) is 8.81. The molecule has 4 atom stereocenters. The summed E-state index contributed by atoms with van der Waals surface area (Å²) >= 11 is 9.51. The van der Waals surface area contributed by atoms with Gasteiger partial charge in [-0.15, -0.1) is 0 Å². The van der Waals surface area contributed by atoms with Crippen molar-refractivity contribution in [2.75, 3.05) is 24.6 Å². The summed E-state index contributed by atoms with van der Waals surface area (Å²) in [5.74, 6) is -0.162. The maximum Gasteiger partial charge on any atom is 0.264 e. The molecule has 0 radical (unpaired) electrons. The molecule has 0 spiro atoms. The molecule has 0 saturated carbocycles. The van der Waals surface area contributed by atoms with Gasteiger partial charge in [0.2, 0.25) is 0 Å². The number of likely N-dealkylation sites (tertiary alicyclic amines) is 1. The molecule has 51 heavy (non-hydrogen) atoms. The van der Waals surface area contributed by atoms with Gasteiger partial charge in [-0.2, -0.15) is 16.8 Å². The quantitative estimate of drug-likeness (QED) is 0.0595. The Bertz CT molecular complexity index is 2060. The van der Waals surface area contributed by atoms with E-state index in [9.17, 15) is 21.4 Å². The molecule has 6 aliphatic rings. The van der Waals surface area contributed by atoms with Crippen LogP contribution in [0, 0.1) is 11.8 Å². The van der Waals surface area contributed by atoms with Gasteiger partial charge in [0.15, 0.2) is 0 Å². The van der Waals surface area contributed by atoms with Crippen LogP contribution in [0.15, 0.2) is 146 Å². The molecular weight excluding hydrogens is 819 g/mol. The summed E-state index contributed by atoms with van der Waals surface area (Å²) < 4.78 is 63.7. The third-order valence-corrected chi connectivity index (χ3v) is 13.1. The highest BCUT2D eigenvalue weighted by Gasteiger charge is 2.42. The van der Waals surface area contributed by atoms with Crippen molar-refractivity contribution in [3.05, 3.63) is 141 Å². The molecule has 0 aromatic rings. The second kappa shape index (κ2) is 16.5. The third-order valence-electron chi connectivity index (χ3n) is 9.87. The number of nitrogens with zero attached hydrogens (tertiary/aromatic N) is 2. The van der Waals surface area contributed by atoms with Crippen LogP contribution < -0.4 is 0 Å². The van der Waals surface area contributed by atoms with Crippen LogP contribution in [0.5, 0.6) is 0 Å². The number of allylic oxidation sites excluding steroid dienone is 21. The first-order valence-electron chi connectivity index (χ1n) is 17.3. The highest BCUT2D eigenvalue weighted by Crippen LogP contribution is 2.47. The van der Waals surface area contributed by atoms with E-state index < -0.39 is 20.2 Å². The average molecular weight is 861 g/mol. The first-order chi connectivity index (χ1) is 24.4. The number of hydrogen-bond acceptors (Lipinski definition) is 6. The molecule has 270 valence electrons. The van der Waals surface area contributed by atoms with Crippen molar-refractivity contribution in [1.82, 2.24) is 4.90 Å². The molecule has 4 unspecified atom stereocenters. The fourth-order valence-electron chi connectivity index (χ4n) is 7.46. The van der Waals surface area contributed by atoms with Crippen molar-refractivity contribution in [1.29, 1.82) is 0 Å². The van der Waals surface area contributed by atoms with Crippen LogP contribution in [-0.4, -0.2) is 71.1 Å². The van der Waals surface area contributed by atoms with E-state index in [1.165, 1.54) is 16.7 Å². The molecule has 6 rings (SSSR count). The standard InChI is InChI=1S/C39H42ClIN2O6S2/c40-39-29(19-21-34(42-23-1-3-25-50(44,45)46)31-13-5-9-27-11-7-15-33(41)37(27)31)17-18-30(39)20-22-35-32-14-6-10-28-12-8-16-36(38(28)32)43(35)24-2-4-26-51(47,48)49/h5-16,19-22,33,36-38H,1-4,17-18,23-26H2,(H,44,45,46)(H,47,48,49)/b21-19+,30-20+,35-22+,42-34+. The lowest BCUT2D eigenvalue weighted by Gasteiger charge is -2.29. The third kappa shape index (κ3) is 9.41. The van der Waals surface area contributed by atoms with E-state index in [2.05, 4.69) is 113 Å². The van der Waals surface area contributed by atoms with Crippen LogP contribution in [0.3, 0.4) is 0 Å². The maximum absolute atomic E-state index is 11.3. The molecule has 1 aliphatic heterocycles. The number of aliphatic imine (C=N–C) groups is 1. The number of alkyl halides is 1. The van der Waals surface area contributed by atoms with Crippen LogP contribution in [0.4, 0.5) is 0 Å². The number of rotatable bonds is 14. The summed E-state index contributed by atoms with van der Waals surface area (Å²) in [5, 5.41) is 0.717. The number of fused-ring (bicyclic) bond motifs is 1. The normalized spacial score (nSPS) is 27.4. The van der Waals surface area contributed by atoms with Crippen molar-refractivity contribution in [3.63, 3.8) is 0 Å². The van der Waals surface area contributed by atoms with Crippen molar-refractivity contribution < 1.29 is 25.9 Å². The Morgan fingerprint density at radius 3 is 2.29 bits per heavy atom. The summed E-state index contributed by atoms with van der Waals surface area (Å²) in [6.45, 7) is 1.09. The molecule has 1 saturated heterocycles. The highest BCUT2D eigenvalue weighted by molar-refractivity contribution is 14.1. The highest BCUT2D eigenvalue weighted by atomic mass is 127.